The molecular weight excluding hydrogens is 215 g/mol. The Morgan fingerprint density at radius 1 is 1.24 bits per heavy atom. The Morgan fingerprint density at radius 2 is 1.88 bits per heavy atom. The van der Waals surface area contributed by atoms with Crippen molar-refractivity contribution in [3.8, 4) is 0 Å². The summed E-state index contributed by atoms with van der Waals surface area (Å²) in [7, 11) is 0. The van der Waals surface area contributed by atoms with E-state index in [0.29, 0.717) is 6.42 Å². The molecule has 1 aromatic carbocycles. The quantitative estimate of drug-likeness (QED) is 0.695. The highest BCUT2D eigenvalue weighted by Crippen LogP contribution is 2.16. The molecule has 0 heterocycles. The van der Waals surface area contributed by atoms with Crippen molar-refractivity contribution in [2.45, 2.75) is 46.0 Å². The summed E-state index contributed by atoms with van der Waals surface area (Å²) in [5, 5.41) is 0. The molecule has 0 saturated carbocycles. The third-order valence-corrected chi connectivity index (χ3v) is 3.15. The lowest BCUT2D eigenvalue weighted by molar-refractivity contribution is -0.122. The van der Waals surface area contributed by atoms with Crippen LogP contribution < -0.4 is 0 Å². The fourth-order valence-corrected chi connectivity index (χ4v) is 1.99. The van der Waals surface area contributed by atoms with Gasteiger partial charge >= 0.3 is 0 Å². The van der Waals surface area contributed by atoms with E-state index >= 15 is 0 Å². The van der Waals surface area contributed by atoms with E-state index in [0.717, 1.165) is 31.2 Å². The number of Topliss-reactive ketones (excluding diaryl/α,β-unsaturated/α-hetero) is 1. The topological polar surface area (TPSA) is 17.1 Å². The molecule has 0 amide bonds. The van der Waals surface area contributed by atoms with Crippen LogP contribution in [0.25, 0.3) is 0 Å². The molecule has 0 bridgehead atoms. The fourth-order valence-electron chi connectivity index (χ4n) is 1.99. The van der Waals surface area contributed by atoms with Gasteiger partial charge in [0.2, 0.25) is 0 Å². The van der Waals surface area contributed by atoms with E-state index in [1.165, 1.54) is 12.1 Å². The van der Waals surface area contributed by atoms with Crippen molar-refractivity contribution >= 4 is 5.78 Å². The van der Waals surface area contributed by atoms with Gasteiger partial charge in [-0.05, 0) is 30.5 Å². The van der Waals surface area contributed by atoms with Crippen LogP contribution in [-0.2, 0) is 11.2 Å². The Kier molecular flexibility index (Phi) is 5.88. The Bertz CT molecular complexity index is 342. The number of hydrogen-bond donors (Lipinski definition) is 0. The second-order valence-electron chi connectivity index (χ2n) is 4.52. The maximum absolute atomic E-state index is 12.7. The zero-order chi connectivity index (χ0) is 12.7. The lowest BCUT2D eigenvalue weighted by Crippen LogP contribution is -2.16. The minimum Gasteiger partial charge on any atom is -0.299 e. The third-order valence-electron chi connectivity index (χ3n) is 3.15. The molecular formula is C15H21FO. The van der Waals surface area contributed by atoms with E-state index in [1.807, 2.05) is 0 Å². The normalized spacial score (nSPS) is 12.4. The maximum atomic E-state index is 12.7. The zero-order valence-electron chi connectivity index (χ0n) is 10.7. The molecule has 0 spiro atoms. The van der Waals surface area contributed by atoms with Gasteiger partial charge in [0, 0.05) is 12.3 Å². The van der Waals surface area contributed by atoms with Crippen LogP contribution in [0, 0.1) is 11.7 Å². The van der Waals surface area contributed by atoms with Crippen LogP contribution in [0.15, 0.2) is 24.3 Å². The highest BCUT2D eigenvalue weighted by molar-refractivity contribution is 5.83. The van der Waals surface area contributed by atoms with Gasteiger partial charge in [-0.25, -0.2) is 4.39 Å². The van der Waals surface area contributed by atoms with Gasteiger partial charge in [-0.15, -0.1) is 0 Å². The van der Waals surface area contributed by atoms with Gasteiger partial charge in [0.1, 0.15) is 11.6 Å². The van der Waals surface area contributed by atoms with Gasteiger partial charge in [-0.1, -0.05) is 38.8 Å². The van der Waals surface area contributed by atoms with Gasteiger partial charge in [0.15, 0.2) is 0 Å². The summed E-state index contributed by atoms with van der Waals surface area (Å²) in [4.78, 5) is 12.0. The molecule has 2 heteroatoms. The van der Waals surface area contributed by atoms with Crippen molar-refractivity contribution in [2.24, 2.45) is 5.92 Å². The summed E-state index contributed by atoms with van der Waals surface area (Å²) in [5.41, 5.74) is 0.909. The molecule has 1 atom stereocenters. The molecule has 1 nitrogen and oxygen atoms in total. The lowest BCUT2D eigenvalue weighted by Gasteiger charge is -2.13. The molecule has 0 aliphatic carbocycles. The van der Waals surface area contributed by atoms with E-state index in [-0.39, 0.29) is 17.5 Å². The first-order chi connectivity index (χ1) is 8.17. The molecule has 0 fully saturated rings. The van der Waals surface area contributed by atoms with E-state index in [2.05, 4.69) is 13.8 Å². The molecule has 0 aliphatic rings. The zero-order valence-corrected chi connectivity index (χ0v) is 10.7. The van der Waals surface area contributed by atoms with Crippen LogP contribution in [0.2, 0.25) is 0 Å². The molecule has 1 unspecified atom stereocenters. The van der Waals surface area contributed by atoms with Gasteiger partial charge in [-0.2, -0.15) is 0 Å². The number of carbonyl (C=O) groups excluding carboxylic acids is 1. The van der Waals surface area contributed by atoms with Crippen LogP contribution in [-0.4, -0.2) is 5.78 Å². The molecule has 0 aliphatic heterocycles. The largest absolute Gasteiger partial charge is 0.299 e. The van der Waals surface area contributed by atoms with Gasteiger partial charge in [-0.3, -0.25) is 4.79 Å². The first kappa shape index (κ1) is 13.9. The van der Waals surface area contributed by atoms with Crippen molar-refractivity contribution in [3.63, 3.8) is 0 Å². The molecule has 0 N–H and O–H groups in total. The molecule has 0 aromatic heterocycles. The fraction of sp³-hybridized carbons (Fsp3) is 0.533. The van der Waals surface area contributed by atoms with Crippen LogP contribution in [0.5, 0.6) is 0 Å². The molecule has 0 radical (unpaired) electrons. The van der Waals surface area contributed by atoms with Crippen molar-refractivity contribution in [1.29, 1.82) is 0 Å². The predicted molar refractivity (Wildman–Crippen MR) is 68.4 cm³/mol. The SMILES string of the molecule is CCCCC(CC)C(=O)Cc1ccc(F)cc1. The van der Waals surface area contributed by atoms with E-state index < -0.39 is 0 Å². The molecule has 1 rings (SSSR count). The minimum atomic E-state index is -0.251. The second kappa shape index (κ2) is 7.21. The lowest BCUT2D eigenvalue weighted by atomic mass is 9.91. The van der Waals surface area contributed by atoms with Crippen LogP contribution in [0.3, 0.4) is 0 Å². The average molecular weight is 236 g/mol. The van der Waals surface area contributed by atoms with E-state index in [9.17, 15) is 9.18 Å². The summed E-state index contributed by atoms with van der Waals surface area (Å²) in [6, 6.07) is 6.21. The number of halogens is 1. The van der Waals surface area contributed by atoms with Crippen LogP contribution >= 0.6 is 0 Å². The highest BCUT2D eigenvalue weighted by Gasteiger charge is 2.15. The van der Waals surface area contributed by atoms with Gasteiger partial charge < -0.3 is 0 Å². The first-order valence-corrected chi connectivity index (χ1v) is 6.44. The van der Waals surface area contributed by atoms with Gasteiger partial charge in [0.25, 0.3) is 0 Å². The van der Waals surface area contributed by atoms with Crippen molar-refractivity contribution in [1.82, 2.24) is 0 Å². The Morgan fingerprint density at radius 3 is 2.41 bits per heavy atom. The summed E-state index contributed by atoms with van der Waals surface area (Å²) in [6.07, 6.45) is 4.55. The smallest absolute Gasteiger partial charge is 0.140 e. The summed E-state index contributed by atoms with van der Waals surface area (Å²) < 4.78 is 12.7. The number of hydrogen-bond acceptors (Lipinski definition) is 1. The molecule has 17 heavy (non-hydrogen) atoms. The highest BCUT2D eigenvalue weighted by atomic mass is 19.1. The Balaban J connectivity index is 2.54. The van der Waals surface area contributed by atoms with Crippen LogP contribution in [0.1, 0.15) is 45.1 Å². The minimum absolute atomic E-state index is 0.167. The summed E-state index contributed by atoms with van der Waals surface area (Å²) >= 11 is 0. The number of rotatable bonds is 7. The molecule has 94 valence electrons. The molecule has 1 aromatic rings. The standard InChI is InChI=1S/C15H21FO/c1-3-5-6-13(4-2)15(17)11-12-7-9-14(16)10-8-12/h7-10,13H,3-6,11H2,1-2H3. The number of unbranched alkanes of at least 4 members (excludes halogenated alkanes) is 1. The second-order valence-corrected chi connectivity index (χ2v) is 4.52. The summed E-state index contributed by atoms with van der Waals surface area (Å²) in [5.74, 6) is 0.201. The Labute approximate surface area is 103 Å². The maximum Gasteiger partial charge on any atom is 0.140 e. The first-order valence-electron chi connectivity index (χ1n) is 6.44. The van der Waals surface area contributed by atoms with Gasteiger partial charge in [0.05, 0.1) is 0 Å². The molecule has 0 saturated heterocycles. The van der Waals surface area contributed by atoms with Crippen molar-refractivity contribution in [2.75, 3.05) is 0 Å². The number of benzene rings is 1. The average Bonchev–Trinajstić information content (AvgIpc) is 2.33. The monoisotopic (exact) mass is 236 g/mol. The predicted octanol–water partition coefficient (Wildman–Crippen LogP) is 4.15. The van der Waals surface area contributed by atoms with Crippen molar-refractivity contribution in [3.05, 3.63) is 35.6 Å². The number of ketones is 1. The third kappa shape index (κ3) is 4.68. The van der Waals surface area contributed by atoms with E-state index in [4.69, 9.17) is 0 Å². The Hall–Kier alpha value is -1.18. The summed E-state index contributed by atoms with van der Waals surface area (Å²) in [6.45, 7) is 4.19. The van der Waals surface area contributed by atoms with Crippen molar-refractivity contribution < 1.29 is 9.18 Å². The van der Waals surface area contributed by atoms with Crippen LogP contribution in [0.4, 0.5) is 4.39 Å². The number of carbonyl (C=O) groups is 1. The van der Waals surface area contributed by atoms with E-state index in [1.54, 1.807) is 12.1 Å².